The van der Waals surface area contributed by atoms with E-state index < -0.39 is 0 Å². The lowest BCUT2D eigenvalue weighted by Crippen LogP contribution is -2.43. The normalized spacial score (nSPS) is 18.0. The lowest BCUT2D eigenvalue weighted by Gasteiger charge is -2.33. The van der Waals surface area contributed by atoms with E-state index in [1.54, 1.807) is 12.4 Å². The molecule has 0 spiro atoms. The van der Waals surface area contributed by atoms with Crippen LogP contribution in [0.5, 0.6) is 0 Å². The number of aromatic nitrogens is 3. The summed E-state index contributed by atoms with van der Waals surface area (Å²) in [5, 5.41) is 5.29. The zero-order chi connectivity index (χ0) is 14.4. The molecule has 5 nitrogen and oxygen atoms in total. The summed E-state index contributed by atoms with van der Waals surface area (Å²) in [6, 6.07) is 7.89. The number of carbonyl (C=O) groups is 1. The van der Waals surface area contributed by atoms with Crippen LogP contribution in [0.15, 0.2) is 36.7 Å². The molecule has 1 aliphatic rings. The van der Waals surface area contributed by atoms with E-state index in [1.807, 2.05) is 33.8 Å². The average molecular weight is 298 g/mol. The SMILES string of the molecule is CC1CCn2nccc2N1C(=O)c1cc2cccnc2s1. The highest BCUT2D eigenvalue weighted by Gasteiger charge is 2.30. The number of carbonyl (C=O) groups excluding carboxylic acids is 1. The van der Waals surface area contributed by atoms with Crippen LogP contribution in [0, 0.1) is 0 Å². The fourth-order valence-corrected chi connectivity index (χ4v) is 3.71. The van der Waals surface area contributed by atoms with Crippen LogP contribution in [-0.2, 0) is 6.54 Å². The Kier molecular flexibility index (Phi) is 2.78. The quantitative estimate of drug-likeness (QED) is 0.694. The summed E-state index contributed by atoms with van der Waals surface area (Å²) in [6.07, 6.45) is 4.43. The van der Waals surface area contributed by atoms with Gasteiger partial charge in [0.15, 0.2) is 0 Å². The van der Waals surface area contributed by atoms with Crippen molar-refractivity contribution >= 4 is 33.3 Å². The highest BCUT2D eigenvalue weighted by Crippen LogP contribution is 2.30. The van der Waals surface area contributed by atoms with Gasteiger partial charge in [-0.25, -0.2) is 9.67 Å². The predicted molar refractivity (Wildman–Crippen MR) is 82.7 cm³/mol. The van der Waals surface area contributed by atoms with Gasteiger partial charge in [0.05, 0.1) is 11.1 Å². The Morgan fingerprint density at radius 3 is 3.14 bits per heavy atom. The Balaban J connectivity index is 1.77. The second-order valence-corrected chi connectivity index (χ2v) is 6.26. The molecule has 0 aliphatic carbocycles. The van der Waals surface area contributed by atoms with Gasteiger partial charge in [-0.3, -0.25) is 9.69 Å². The Morgan fingerprint density at radius 2 is 2.29 bits per heavy atom. The zero-order valence-corrected chi connectivity index (χ0v) is 12.4. The van der Waals surface area contributed by atoms with Crippen LogP contribution in [0.1, 0.15) is 23.0 Å². The standard InChI is InChI=1S/C15H14N4OS/c1-10-5-8-18-13(4-7-17-18)19(10)15(20)12-9-11-3-2-6-16-14(11)21-12/h2-4,6-7,9-10H,5,8H2,1H3. The van der Waals surface area contributed by atoms with Crippen molar-refractivity contribution in [2.24, 2.45) is 0 Å². The van der Waals surface area contributed by atoms with Crippen LogP contribution in [0.2, 0.25) is 0 Å². The highest BCUT2D eigenvalue weighted by atomic mass is 32.1. The van der Waals surface area contributed by atoms with Crippen molar-refractivity contribution in [1.82, 2.24) is 14.8 Å². The smallest absolute Gasteiger partial charge is 0.269 e. The van der Waals surface area contributed by atoms with Crippen LogP contribution in [-0.4, -0.2) is 26.7 Å². The molecule has 0 aromatic carbocycles. The molecule has 0 radical (unpaired) electrons. The maximum Gasteiger partial charge on any atom is 0.269 e. The minimum absolute atomic E-state index is 0.0342. The van der Waals surface area contributed by atoms with Gasteiger partial charge in [0.2, 0.25) is 0 Å². The number of anilines is 1. The van der Waals surface area contributed by atoms with E-state index >= 15 is 0 Å². The van der Waals surface area contributed by atoms with Crippen LogP contribution < -0.4 is 4.90 Å². The summed E-state index contributed by atoms with van der Waals surface area (Å²) in [4.78, 5) is 20.7. The van der Waals surface area contributed by atoms with Gasteiger partial charge in [-0.05, 0) is 25.5 Å². The predicted octanol–water partition coefficient (Wildman–Crippen LogP) is 2.93. The van der Waals surface area contributed by atoms with E-state index in [4.69, 9.17) is 0 Å². The molecule has 0 bridgehead atoms. The molecule has 1 atom stereocenters. The second kappa shape index (κ2) is 4.66. The fraction of sp³-hybridized carbons (Fsp3) is 0.267. The summed E-state index contributed by atoms with van der Waals surface area (Å²) in [6.45, 7) is 2.95. The summed E-state index contributed by atoms with van der Waals surface area (Å²) < 4.78 is 1.89. The number of fused-ring (bicyclic) bond motifs is 2. The number of nitrogens with zero attached hydrogens (tertiary/aromatic N) is 4. The summed E-state index contributed by atoms with van der Waals surface area (Å²) >= 11 is 1.45. The topological polar surface area (TPSA) is 51.0 Å². The van der Waals surface area contributed by atoms with E-state index in [2.05, 4.69) is 17.0 Å². The van der Waals surface area contributed by atoms with Crippen molar-refractivity contribution < 1.29 is 4.79 Å². The third kappa shape index (κ3) is 1.94. The molecule has 0 N–H and O–H groups in total. The molecule has 1 amide bonds. The molecule has 0 fully saturated rings. The number of rotatable bonds is 1. The molecule has 1 unspecified atom stereocenters. The first-order valence-electron chi connectivity index (χ1n) is 6.94. The molecule has 4 heterocycles. The van der Waals surface area contributed by atoms with Crippen molar-refractivity contribution in [3.05, 3.63) is 41.5 Å². The average Bonchev–Trinajstić information content (AvgIpc) is 3.12. The Bertz CT molecular complexity index is 789. The maximum atomic E-state index is 12.9. The molecule has 21 heavy (non-hydrogen) atoms. The van der Waals surface area contributed by atoms with Crippen molar-refractivity contribution in [3.63, 3.8) is 0 Å². The number of aryl methyl sites for hydroxylation is 1. The largest absolute Gasteiger partial charge is 0.289 e. The van der Waals surface area contributed by atoms with E-state index in [9.17, 15) is 4.79 Å². The molecule has 1 aliphatic heterocycles. The van der Waals surface area contributed by atoms with Gasteiger partial charge in [-0.1, -0.05) is 6.07 Å². The molecule has 3 aromatic rings. The maximum absolute atomic E-state index is 12.9. The summed E-state index contributed by atoms with van der Waals surface area (Å²) in [5.74, 6) is 0.913. The van der Waals surface area contributed by atoms with Gasteiger partial charge in [0.25, 0.3) is 5.91 Å². The lowest BCUT2D eigenvalue weighted by atomic mass is 10.1. The third-order valence-corrected chi connectivity index (χ3v) is 4.91. The van der Waals surface area contributed by atoms with Gasteiger partial charge < -0.3 is 0 Å². The third-order valence-electron chi connectivity index (χ3n) is 3.86. The Labute approximate surface area is 125 Å². The van der Waals surface area contributed by atoms with Crippen molar-refractivity contribution in [1.29, 1.82) is 0 Å². The first-order valence-corrected chi connectivity index (χ1v) is 7.75. The first-order chi connectivity index (χ1) is 10.2. The zero-order valence-electron chi connectivity index (χ0n) is 11.6. The second-order valence-electron chi connectivity index (χ2n) is 5.23. The molecule has 106 valence electrons. The highest BCUT2D eigenvalue weighted by molar-refractivity contribution is 7.20. The first kappa shape index (κ1) is 12.5. The van der Waals surface area contributed by atoms with Gasteiger partial charge in [-0.2, -0.15) is 5.10 Å². The van der Waals surface area contributed by atoms with Crippen molar-refractivity contribution in [3.8, 4) is 0 Å². The lowest BCUT2D eigenvalue weighted by molar-refractivity contribution is 0.0974. The summed E-state index contributed by atoms with van der Waals surface area (Å²) in [5.41, 5.74) is 0. The van der Waals surface area contributed by atoms with Crippen LogP contribution in [0.4, 0.5) is 5.82 Å². The minimum atomic E-state index is 0.0342. The number of pyridine rings is 1. The fourth-order valence-electron chi connectivity index (χ4n) is 2.77. The van der Waals surface area contributed by atoms with Crippen LogP contribution in [0.25, 0.3) is 10.2 Å². The van der Waals surface area contributed by atoms with E-state index in [0.717, 1.165) is 33.9 Å². The van der Waals surface area contributed by atoms with Gasteiger partial charge in [-0.15, -0.1) is 11.3 Å². The van der Waals surface area contributed by atoms with Gasteiger partial charge in [0, 0.05) is 30.2 Å². The van der Waals surface area contributed by atoms with Crippen LogP contribution >= 0.6 is 11.3 Å². The number of hydrogen-bond donors (Lipinski definition) is 0. The number of hydrogen-bond acceptors (Lipinski definition) is 4. The Hall–Kier alpha value is -2.21. The molecular formula is C15H14N4OS. The molecule has 3 aromatic heterocycles. The van der Waals surface area contributed by atoms with E-state index in [1.165, 1.54) is 11.3 Å². The molecule has 4 rings (SSSR count). The van der Waals surface area contributed by atoms with E-state index in [-0.39, 0.29) is 11.9 Å². The molecule has 0 saturated carbocycles. The van der Waals surface area contributed by atoms with Crippen LogP contribution in [0.3, 0.4) is 0 Å². The number of thiophene rings is 1. The number of amides is 1. The Morgan fingerprint density at radius 1 is 1.38 bits per heavy atom. The van der Waals surface area contributed by atoms with Crippen molar-refractivity contribution in [2.75, 3.05) is 4.90 Å². The van der Waals surface area contributed by atoms with Gasteiger partial charge in [0.1, 0.15) is 10.6 Å². The van der Waals surface area contributed by atoms with Gasteiger partial charge >= 0.3 is 0 Å². The molecule has 0 saturated heterocycles. The molecule has 6 heteroatoms. The summed E-state index contributed by atoms with van der Waals surface area (Å²) in [7, 11) is 0. The van der Waals surface area contributed by atoms with E-state index in [0.29, 0.717) is 0 Å². The molecular weight excluding hydrogens is 284 g/mol. The minimum Gasteiger partial charge on any atom is -0.289 e. The van der Waals surface area contributed by atoms with Crippen molar-refractivity contribution in [2.45, 2.75) is 25.9 Å². The monoisotopic (exact) mass is 298 g/mol.